The van der Waals surface area contributed by atoms with E-state index in [-0.39, 0.29) is 13.0 Å². The molecule has 0 amide bonds. The van der Waals surface area contributed by atoms with Crippen LogP contribution in [0.3, 0.4) is 0 Å². The molecule has 0 saturated carbocycles. The van der Waals surface area contributed by atoms with Crippen molar-refractivity contribution in [3.8, 4) is 0 Å². The van der Waals surface area contributed by atoms with E-state index in [1.54, 1.807) is 6.92 Å². The zero-order valence-electron chi connectivity index (χ0n) is 20.9. The van der Waals surface area contributed by atoms with Crippen LogP contribution in [0.5, 0.6) is 0 Å². The number of quaternary nitrogens is 1. The molecule has 0 rings (SSSR count). The molecule has 0 aliphatic carbocycles. The number of rotatable bonds is 11. The molecule has 0 aromatic heterocycles. The Kier molecular flexibility index (Phi) is 21.6. The summed E-state index contributed by atoms with van der Waals surface area (Å²) in [7, 11) is 5.64. The van der Waals surface area contributed by atoms with Gasteiger partial charge in [-0.1, -0.05) is 6.92 Å². The highest BCUT2D eigenvalue weighted by Gasteiger charge is 2.41. The van der Waals surface area contributed by atoms with Gasteiger partial charge in [0.25, 0.3) is 5.97 Å². The van der Waals surface area contributed by atoms with Crippen LogP contribution in [0.2, 0.25) is 0 Å². The monoisotopic (exact) mass is 529 g/mol. The fourth-order valence-corrected chi connectivity index (χ4v) is 1.36. The van der Waals surface area contributed by atoms with Crippen molar-refractivity contribution >= 4 is 41.6 Å². The van der Waals surface area contributed by atoms with Gasteiger partial charge in [-0.2, -0.15) is 0 Å². The Morgan fingerprint density at radius 3 is 1.50 bits per heavy atom. The molecule has 0 spiro atoms. The van der Waals surface area contributed by atoms with Gasteiger partial charge < -0.3 is 49.8 Å². The molecule has 0 fully saturated rings. The number of ether oxygens (including phenoxy) is 1. The summed E-state index contributed by atoms with van der Waals surface area (Å²) in [5, 5.41) is 59.8. The fourth-order valence-electron chi connectivity index (χ4n) is 1.36. The van der Waals surface area contributed by atoms with Gasteiger partial charge >= 0.3 is 23.9 Å². The zero-order chi connectivity index (χ0) is 29.9. The molecule has 16 nitrogen and oxygen atoms in total. The Bertz CT molecular complexity index is 741. The molecule has 2 atom stereocenters. The van der Waals surface area contributed by atoms with Crippen LogP contribution in [0.4, 0.5) is 0 Å². The Morgan fingerprint density at radius 2 is 1.31 bits per heavy atom. The molecule has 0 aromatic carbocycles. The van der Waals surface area contributed by atoms with E-state index in [4.69, 9.17) is 35.1 Å². The van der Waals surface area contributed by atoms with Gasteiger partial charge in [0, 0.05) is 13.8 Å². The summed E-state index contributed by atoms with van der Waals surface area (Å²) in [6.45, 7) is 4.20. The molecule has 0 heterocycles. The molecule has 0 bridgehead atoms. The average Bonchev–Trinajstić information content (AvgIpc) is 2.65. The van der Waals surface area contributed by atoms with Gasteiger partial charge in [-0.05, 0) is 6.42 Å². The number of carboxylic acids is 5. The van der Waals surface area contributed by atoms with Crippen molar-refractivity contribution < 1.29 is 78.5 Å². The van der Waals surface area contributed by atoms with Crippen LogP contribution in [0.25, 0.3) is 0 Å². The summed E-state index contributed by atoms with van der Waals surface area (Å²) in [4.78, 5) is 70.1. The van der Waals surface area contributed by atoms with Crippen LogP contribution >= 0.6 is 0 Å². The lowest BCUT2D eigenvalue weighted by Gasteiger charge is -2.24. The minimum Gasteiger partial charge on any atom is -0.542 e. The molecule has 0 aliphatic rings. The van der Waals surface area contributed by atoms with E-state index in [1.165, 1.54) is 0 Å². The third-order valence-corrected chi connectivity index (χ3v) is 3.26. The van der Waals surface area contributed by atoms with Crippen LogP contribution < -0.4 is 5.11 Å². The first kappa shape index (κ1) is 39.6. The molecular weight excluding hydrogens is 494 g/mol. The Balaban J connectivity index is -0.000000244. The lowest BCUT2D eigenvalue weighted by Crippen LogP contribution is -2.43. The lowest BCUT2D eigenvalue weighted by atomic mass is 9.96. The third-order valence-electron chi connectivity index (χ3n) is 3.26. The first-order chi connectivity index (χ1) is 16.0. The normalized spacial score (nSPS) is 12.2. The van der Waals surface area contributed by atoms with Gasteiger partial charge in [-0.3, -0.25) is 19.2 Å². The summed E-state index contributed by atoms with van der Waals surface area (Å²) in [6, 6.07) is 0. The number of ketones is 1. The van der Waals surface area contributed by atoms with E-state index in [0.717, 1.165) is 13.8 Å². The average molecular weight is 529 g/mol. The summed E-state index contributed by atoms with van der Waals surface area (Å²) in [5.41, 5.74) is -2.64. The van der Waals surface area contributed by atoms with Gasteiger partial charge in [0.1, 0.15) is 19.1 Å². The summed E-state index contributed by atoms with van der Waals surface area (Å²) < 4.78 is 5.32. The number of aliphatic hydroxyl groups excluding tert-OH is 1. The quantitative estimate of drug-likeness (QED) is 0.0894. The Morgan fingerprint density at radius 1 is 0.917 bits per heavy atom. The van der Waals surface area contributed by atoms with Crippen molar-refractivity contribution in [3.63, 3.8) is 0 Å². The molecule has 0 aliphatic heterocycles. The standard InChI is InChI=1S/C11H19NO7.C4H8O3.C3H4O3.C2H4O2/c1-12(2,3)4-5-19-9(15)7-11(18,10(16)17)6-8(13)14;1-2-3(5)4(6)7;1-2(4)3(5)6;1-2(3)4/h18H,4-7H2,1-3H3,(H-,13,14,16,17);3,5H,2H2,1H3,(H,6,7);1H3,(H,5,6);1H3,(H,3,4). The van der Waals surface area contributed by atoms with Gasteiger partial charge in [-0.15, -0.1) is 0 Å². The third kappa shape index (κ3) is 30.4. The SMILES string of the molecule is CC(=O)C(=O)[O-].CC(=O)O.CCC(O)C(=O)O.C[N+](C)(C)CCOC(=O)CC(O)(CC(=O)O)C(=O)O. The van der Waals surface area contributed by atoms with Crippen LogP contribution in [0, 0.1) is 0 Å². The van der Waals surface area contributed by atoms with E-state index in [1.807, 2.05) is 21.1 Å². The smallest absolute Gasteiger partial charge is 0.336 e. The van der Waals surface area contributed by atoms with Gasteiger partial charge in [0.2, 0.25) is 0 Å². The van der Waals surface area contributed by atoms with Gasteiger partial charge in [0.15, 0.2) is 17.5 Å². The molecular formula is C20H35NO15. The van der Waals surface area contributed by atoms with Crippen LogP contribution in [0.15, 0.2) is 0 Å². The van der Waals surface area contributed by atoms with Crippen molar-refractivity contribution in [3.05, 3.63) is 0 Å². The highest BCUT2D eigenvalue weighted by atomic mass is 16.5. The van der Waals surface area contributed by atoms with Gasteiger partial charge in [0.05, 0.1) is 34.0 Å². The first-order valence-electron chi connectivity index (χ1n) is 9.98. The highest BCUT2D eigenvalue weighted by Crippen LogP contribution is 2.17. The van der Waals surface area contributed by atoms with E-state index in [0.29, 0.717) is 11.0 Å². The molecule has 36 heavy (non-hydrogen) atoms. The summed E-state index contributed by atoms with van der Waals surface area (Å²) in [5.74, 6) is -8.77. The minimum absolute atomic E-state index is 0.0606. The summed E-state index contributed by atoms with van der Waals surface area (Å²) >= 11 is 0. The number of aliphatic hydroxyl groups is 2. The number of Topliss-reactive ketones (excluding diaryl/α,β-unsaturated/α-hetero) is 1. The zero-order valence-corrected chi connectivity index (χ0v) is 20.9. The molecule has 0 saturated heterocycles. The number of esters is 1. The van der Waals surface area contributed by atoms with E-state index in [2.05, 4.69) is 0 Å². The molecule has 0 aromatic rings. The molecule has 2 unspecified atom stereocenters. The lowest BCUT2D eigenvalue weighted by molar-refractivity contribution is -0.870. The second-order valence-electron chi connectivity index (χ2n) is 7.94. The predicted molar refractivity (Wildman–Crippen MR) is 116 cm³/mol. The number of hydrogen-bond donors (Lipinski definition) is 6. The molecule has 0 radical (unpaired) electrons. The largest absolute Gasteiger partial charge is 0.542 e. The number of aliphatic carboxylic acids is 5. The molecule has 6 N–H and O–H groups in total. The predicted octanol–water partition coefficient (Wildman–Crippen LogP) is -2.83. The Labute approximate surface area is 206 Å². The maximum absolute atomic E-state index is 11.4. The van der Waals surface area contributed by atoms with Crippen molar-refractivity contribution in [1.29, 1.82) is 0 Å². The first-order valence-corrected chi connectivity index (χ1v) is 9.98. The van der Waals surface area contributed by atoms with Crippen LogP contribution in [-0.2, 0) is 38.3 Å². The fraction of sp³-hybridized carbons (Fsp3) is 0.650. The van der Waals surface area contributed by atoms with Crippen LogP contribution in [-0.4, -0.2) is 123 Å². The second-order valence-corrected chi connectivity index (χ2v) is 7.94. The van der Waals surface area contributed by atoms with E-state index >= 15 is 0 Å². The molecule has 16 heteroatoms. The maximum atomic E-state index is 11.4. The summed E-state index contributed by atoms with van der Waals surface area (Å²) in [6.07, 6.45) is -2.87. The number of carbonyl (C=O) groups excluding carboxylic acids is 3. The number of hydrogen-bond acceptors (Lipinski definition) is 11. The maximum Gasteiger partial charge on any atom is 0.336 e. The van der Waals surface area contributed by atoms with E-state index < -0.39 is 66.1 Å². The van der Waals surface area contributed by atoms with Crippen LogP contribution in [0.1, 0.15) is 40.0 Å². The van der Waals surface area contributed by atoms with Crippen molar-refractivity contribution in [2.75, 3.05) is 34.3 Å². The van der Waals surface area contributed by atoms with Gasteiger partial charge in [-0.25, -0.2) is 9.59 Å². The number of nitrogens with zero attached hydrogens (tertiary/aromatic N) is 1. The van der Waals surface area contributed by atoms with Crippen molar-refractivity contribution in [2.24, 2.45) is 0 Å². The number of likely N-dealkylation sites (N-methyl/N-ethyl adjacent to an activating group) is 1. The van der Waals surface area contributed by atoms with Crippen molar-refractivity contribution in [2.45, 2.75) is 51.7 Å². The highest BCUT2D eigenvalue weighted by molar-refractivity contribution is 6.30. The number of carboxylic acid groups (broad SMARTS) is 5. The topological polar surface area (TPSA) is 273 Å². The second kappa shape index (κ2) is 19.7. The van der Waals surface area contributed by atoms with E-state index in [9.17, 15) is 39.0 Å². The van der Waals surface area contributed by atoms with Crippen molar-refractivity contribution in [1.82, 2.24) is 0 Å². The number of carbonyl (C=O) groups is 7. The minimum atomic E-state index is -2.64. The Hall–Kier alpha value is -3.63. The molecule has 210 valence electrons.